The van der Waals surface area contributed by atoms with Crippen LogP contribution in [-0.2, 0) is 7.05 Å². The summed E-state index contributed by atoms with van der Waals surface area (Å²) in [5.74, 6) is 0.792. The Balaban J connectivity index is 0.00000338. The lowest BCUT2D eigenvalue weighted by atomic mass is 9.98. The molecule has 1 aliphatic heterocycles. The minimum absolute atomic E-state index is 0. The van der Waals surface area contributed by atoms with E-state index in [2.05, 4.69) is 38.7 Å². The molecule has 1 atom stereocenters. The van der Waals surface area contributed by atoms with Crippen molar-refractivity contribution >= 4 is 35.6 Å². The van der Waals surface area contributed by atoms with Crippen molar-refractivity contribution in [1.29, 1.82) is 0 Å². The maximum Gasteiger partial charge on any atom is 0.191 e. The van der Waals surface area contributed by atoms with Gasteiger partial charge in [-0.1, -0.05) is 13.8 Å². The lowest BCUT2D eigenvalue weighted by Crippen LogP contribution is -2.51. The van der Waals surface area contributed by atoms with Gasteiger partial charge in [0.05, 0.1) is 24.0 Å². The minimum Gasteiger partial charge on any atom is -0.388 e. The molecule has 1 fully saturated rings. The summed E-state index contributed by atoms with van der Waals surface area (Å²) in [6.07, 6.45) is 7.66. The molecule has 1 aliphatic rings. The van der Waals surface area contributed by atoms with Crippen LogP contribution in [0, 0.1) is 0 Å². The predicted molar refractivity (Wildman–Crippen MR) is 119 cm³/mol. The van der Waals surface area contributed by atoms with E-state index in [1.54, 1.807) is 0 Å². The number of aryl methyl sites for hydroxylation is 1. The van der Waals surface area contributed by atoms with E-state index in [-0.39, 0.29) is 24.0 Å². The smallest absolute Gasteiger partial charge is 0.191 e. The summed E-state index contributed by atoms with van der Waals surface area (Å²) >= 11 is 0. The number of piperidine rings is 1. The van der Waals surface area contributed by atoms with Crippen LogP contribution in [0.4, 0.5) is 5.69 Å². The van der Waals surface area contributed by atoms with Gasteiger partial charge in [-0.15, -0.1) is 24.0 Å². The molecule has 150 valence electrons. The molecule has 0 amide bonds. The number of halogens is 1. The molecule has 8 heteroatoms. The van der Waals surface area contributed by atoms with Crippen LogP contribution in [-0.4, -0.2) is 58.7 Å². The minimum atomic E-state index is -0.712. The van der Waals surface area contributed by atoms with E-state index in [9.17, 15) is 5.11 Å². The van der Waals surface area contributed by atoms with Gasteiger partial charge in [-0.25, -0.2) is 0 Å². The highest BCUT2D eigenvalue weighted by Crippen LogP contribution is 2.19. The first-order chi connectivity index (χ1) is 12.0. The number of aliphatic imine (C=N–C) groups is 1. The molecule has 7 nitrogen and oxygen atoms in total. The van der Waals surface area contributed by atoms with Crippen molar-refractivity contribution in [2.24, 2.45) is 12.0 Å². The largest absolute Gasteiger partial charge is 0.388 e. The van der Waals surface area contributed by atoms with Crippen molar-refractivity contribution in [2.75, 3.05) is 31.1 Å². The topological polar surface area (TPSA) is 77.7 Å². The first-order valence-electron chi connectivity index (χ1n) is 9.50. The fraction of sp³-hybridized carbons (Fsp3) is 0.778. The molecule has 26 heavy (non-hydrogen) atoms. The Morgan fingerprint density at radius 3 is 2.69 bits per heavy atom. The Morgan fingerprint density at radius 2 is 2.12 bits per heavy atom. The SMILES string of the molecule is CCNC(=NCC(O)(CC)CC)NC1CCCN(c2cnn(C)c2)C1.I. The van der Waals surface area contributed by atoms with E-state index >= 15 is 0 Å². The van der Waals surface area contributed by atoms with E-state index < -0.39 is 5.60 Å². The van der Waals surface area contributed by atoms with Crippen LogP contribution in [0.1, 0.15) is 46.5 Å². The maximum absolute atomic E-state index is 10.5. The molecule has 3 N–H and O–H groups in total. The van der Waals surface area contributed by atoms with Crippen LogP contribution in [0.3, 0.4) is 0 Å². The maximum atomic E-state index is 10.5. The van der Waals surface area contributed by atoms with Gasteiger partial charge in [-0.2, -0.15) is 5.10 Å². The summed E-state index contributed by atoms with van der Waals surface area (Å²) in [4.78, 5) is 7.00. The van der Waals surface area contributed by atoms with Crippen LogP contribution in [0.15, 0.2) is 17.4 Å². The predicted octanol–water partition coefficient (Wildman–Crippen LogP) is 2.11. The molecule has 1 unspecified atom stereocenters. The normalized spacial score (nSPS) is 18.4. The number of aromatic nitrogens is 2. The molecule has 0 aliphatic carbocycles. The van der Waals surface area contributed by atoms with E-state index in [4.69, 9.17) is 0 Å². The van der Waals surface area contributed by atoms with Crippen LogP contribution in [0.5, 0.6) is 0 Å². The Kier molecular flexibility index (Phi) is 9.70. The molecular formula is C18H35IN6O. The number of hydrogen-bond acceptors (Lipinski definition) is 4. The fourth-order valence-electron chi connectivity index (χ4n) is 3.11. The highest BCUT2D eigenvalue weighted by molar-refractivity contribution is 14.0. The molecule has 0 radical (unpaired) electrons. The lowest BCUT2D eigenvalue weighted by Gasteiger charge is -2.34. The van der Waals surface area contributed by atoms with Crippen molar-refractivity contribution in [3.63, 3.8) is 0 Å². The summed E-state index contributed by atoms with van der Waals surface area (Å²) in [5, 5.41) is 21.6. The zero-order valence-corrected chi connectivity index (χ0v) is 18.9. The van der Waals surface area contributed by atoms with E-state index in [0.29, 0.717) is 25.4 Å². The molecule has 0 bridgehead atoms. The Hall–Kier alpha value is -1.03. The van der Waals surface area contributed by atoms with Gasteiger partial charge in [-0.05, 0) is 32.6 Å². The van der Waals surface area contributed by atoms with Crippen molar-refractivity contribution in [3.05, 3.63) is 12.4 Å². The van der Waals surface area contributed by atoms with E-state index in [1.165, 1.54) is 5.69 Å². The third kappa shape index (κ3) is 6.61. The molecular weight excluding hydrogens is 443 g/mol. The van der Waals surface area contributed by atoms with Crippen LogP contribution in [0.2, 0.25) is 0 Å². The second kappa shape index (κ2) is 11.0. The average molecular weight is 478 g/mol. The standard InChI is InChI=1S/C18H34N6O.HI/c1-5-18(25,6-2)14-20-17(19-7-3)22-15-9-8-10-24(12-15)16-11-21-23(4)13-16;/h11,13,15,25H,5-10,12,14H2,1-4H3,(H2,19,20,22);1H. The second-order valence-electron chi connectivity index (χ2n) is 6.93. The van der Waals surface area contributed by atoms with Crippen LogP contribution in [0.25, 0.3) is 0 Å². The molecule has 1 aromatic rings. The fourth-order valence-corrected chi connectivity index (χ4v) is 3.11. The summed E-state index contributed by atoms with van der Waals surface area (Å²) < 4.78 is 1.84. The molecule has 0 aromatic carbocycles. The summed E-state index contributed by atoms with van der Waals surface area (Å²) in [5.41, 5.74) is 0.457. The van der Waals surface area contributed by atoms with Crippen LogP contribution >= 0.6 is 24.0 Å². The number of nitrogens with zero attached hydrogens (tertiary/aromatic N) is 4. The van der Waals surface area contributed by atoms with Crippen LogP contribution < -0.4 is 15.5 Å². The van der Waals surface area contributed by atoms with Gasteiger partial charge in [-0.3, -0.25) is 9.67 Å². The number of hydrogen-bond donors (Lipinski definition) is 3. The van der Waals surface area contributed by atoms with E-state index in [0.717, 1.165) is 38.4 Å². The first-order valence-corrected chi connectivity index (χ1v) is 9.50. The summed E-state index contributed by atoms with van der Waals surface area (Å²) in [7, 11) is 1.95. The average Bonchev–Trinajstić information content (AvgIpc) is 3.06. The van der Waals surface area contributed by atoms with Gasteiger partial charge in [0.2, 0.25) is 0 Å². The third-order valence-electron chi connectivity index (χ3n) is 5.01. The number of aliphatic hydroxyl groups is 1. The zero-order valence-electron chi connectivity index (χ0n) is 16.5. The van der Waals surface area contributed by atoms with Crippen molar-refractivity contribution in [1.82, 2.24) is 20.4 Å². The third-order valence-corrected chi connectivity index (χ3v) is 5.01. The number of nitrogens with one attached hydrogen (secondary N) is 2. The second-order valence-corrected chi connectivity index (χ2v) is 6.93. The van der Waals surface area contributed by atoms with Gasteiger partial charge in [0.1, 0.15) is 0 Å². The van der Waals surface area contributed by atoms with Gasteiger partial charge >= 0.3 is 0 Å². The zero-order chi connectivity index (χ0) is 18.3. The highest BCUT2D eigenvalue weighted by atomic mass is 127. The quantitative estimate of drug-likeness (QED) is 0.318. The monoisotopic (exact) mass is 478 g/mol. The molecule has 1 saturated heterocycles. The van der Waals surface area contributed by atoms with Gasteiger partial charge in [0.25, 0.3) is 0 Å². The van der Waals surface area contributed by atoms with Gasteiger partial charge in [0.15, 0.2) is 5.96 Å². The van der Waals surface area contributed by atoms with Gasteiger partial charge < -0.3 is 20.6 Å². The molecule has 2 heterocycles. The Morgan fingerprint density at radius 1 is 1.38 bits per heavy atom. The molecule has 1 aromatic heterocycles. The number of anilines is 1. The molecule has 0 spiro atoms. The highest BCUT2D eigenvalue weighted by Gasteiger charge is 2.24. The lowest BCUT2D eigenvalue weighted by molar-refractivity contribution is 0.0417. The summed E-state index contributed by atoms with van der Waals surface area (Å²) in [6.45, 7) is 9.30. The van der Waals surface area contributed by atoms with Crippen molar-refractivity contribution in [3.8, 4) is 0 Å². The van der Waals surface area contributed by atoms with E-state index in [1.807, 2.05) is 31.8 Å². The Labute approximate surface area is 174 Å². The molecule has 2 rings (SSSR count). The molecule has 0 saturated carbocycles. The number of guanidine groups is 1. The Bertz CT molecular complexity index is 558. The van der Waals surface area contributed by atoms with Crippen molar-refractivity contribution < 1.29 is 5.11 Å². The first kappa shape index (κ1) is 23.0. The van der Waals surface area contributed by atoms with Gasteiger partial charge in [0, 0.05) is 38.9 Å². The summed E-state index contributed by atoms with van der Waals surface area (Å²) in [6, 6.07) is 0.336. The number of rotatable bonds is 7. The van der Waals surface area contributed by atoms with Crippen molar-refractivity contribution in [2.45, 2.75) is 58.1 Å².